The van der Waals surface area contributed by atoms with Crippen molar-refractivity contribution in [2.45, 2.75) is 77.6 Å². The first-order valence-electron chi connectivity index (χ1n) is 7.95. The van der Waals surface area contributed by atoms with Crippen LogP contribution in [0.5, 0.6) is 0 Å². The number of benzene rings is 1. The molecule has 0 unspecified atom stereocenters. The van der Waals surface area contributed by atoms with Crippen LogP contribution < -0.4 is 0 Å². The van der Waals surface area contributed by atoms with Gasteiger partial charge in [-0.3, -0.25) is 0 Å². The monoisotopic (exact) mass is 244 g/mol. The minimum atomic E-state index is 1.28. The van der Waals surface area contributed by atoms with Gasteiger partial charge in [-0.05, 0) is 49.3 Å². The average Bonchev–Trinajstić information content (AvgIpc) is 2.38. The maximum Gasteiger partial charge on any atom is -0.0276 e. The molecule has 1 aromatic carbocycles. The molecule has 100 valence electrons. The lowest BCUT2D eigenvalue weighted by molar-refractivity contribution is 0.559. The van der Waals surface area contributed by atoms with Crippen LogP contribution in [0.3, 0.4) is 0 Å². The predicted octanol–water partition coefficient (Wildman–Crippen LogP) is 5.60. The predicted molar refractivity (Wildman–Crippen MR) is 80.1 cm³/mol. The summed E-state index contributed by atoms with van der Waals surface area (Å²) in [5.74, 6) is 0. The van der Waals surface area contributed by atoms with Crippen molar-refractivity contribution in [1.29, 1.82) is 0 Å². The molecule has 0 aliphatic heterocycles. The Morgan fingerprint density at radius 2 is 1.22 bits per heavy atom. The molecule has 2 aliphatic carbocycles. The fraction of sp³-hybridized carbons (Fsp3) is 0.667. The van der Waals surface area contributed by atoms with Crippen LogP contribution in [0.1, 0.15) is 74.5 Å². The second-order valence-electron chi connectivity index (χ2n) is 5.94. The van der Waals surface area contributed by atoms with E-state index in [4.69, 9.17) is 0 Å². The van der Waals surface area contributed by atoms with Gasteiger partial charge in [-0.25, -0.2) is 0 Å². The molecule has 0 saturated heterocycles. The highest BCUT2D eigenvalue weighted by Crippen LogP contribution is 2.18. The van der Waals surface area contributed by atoms with Gasteiger partial charge in [0, 0.05) is 0 Å². The largest absolute Gasteiger partial charge is 0.0588 e. The molecule has 1 aromatic rings. The van der Waals surface area contributed by atoms with Crippen molar-refractivity contribution in [3.63, 3.8) is 0 Å². The zero-order valence-electron chi connectivity index (χ0n) is 12.0. The van der Waals surface area contributed by atoms with Crippen LogP contribution in [0, 0.1) is 6.92 Å². The zero-order valence-corrected chi connectivity index (χ0v) is 12.0. The molecule has 0 saturated carbocycles. The molecule has 18 heavy (non-hydrogen) atoms. The van der Waals surface area contributed by atoms with Crippen molar-refractivity contribution in [1.82, 2.24) is 0 Å². The topological polar surface area (TPSA) is 0 Å². The van der Waals surface area contributed by atoms with Gasteiger partial charge in [0.15, 0.2) is 0 Å². The molecular weight excluding hydrogens is 216 g/mol. The average molecular weight is 244 g/mol. The highest BCUT2D eigenvalue weighted by Gasteiger charge is 2.02. The Labute approximate surface area is 113 Å². The van der Waals surface area contributed by atoms with Crippen LogP contribution >= 0.6 is 0 Å². The molecule has 0 aromatic heterocycles. The van der Waals surface area contributed by atoms with E-state index in [0.29, 0.717) is 0 Å². The third-order valence-corrected chi connectivity index (χ3v) is 4.32. The third kappa shape index (κ3) is 4.48. The lowest BCUT2D eigenvalue weighted by atomic mass is 9.98. The summed E-state index contributed by atoms with van der Waals surface area (Å²) < 4.78 is 0. The lowest BCUT2D eigenvalue weighted by Gasteiger charge is -2.08. The van der Waals surface area contributed by atoms with Crippen molar-refractivity contribution in [2.75, 3.05) is 0 Å². The maximum atomic E-state index is 2.43. The van der Waals surface area contributed by atoms with Crippen LogP contribution in [-0.4, -0.2) is 0 Å². The van der Waals surface area contributed by atoms with E-state index < -0.39 is 0 Å². The first-order chi connectivity index (χ1) is 8.86. The second kappa shape index (κ2) is 7.61. The molecule has 0 N–H and O–H groups in total. The Balaban J connectivity index is 1.97. The van der Waals surface area contributed by atoms with Gasteiger partial charge in [0.2, 0.25) is 0 Å². The first-order valence-corrected chi connectivity index (χ1v) is 7.95. The van der Waals surface area contributed by atoms with E-state index in [-0.39, 0.29) is 0 Å². The van der Waals surface area contributed by atoms with E-state index in [1.807, 2.05) is 0 Å². The molecule has 0 radical (unpaired) electrons. The summed E-state index contributed by atoms with van der Waals surface area (Å²) in [5, 5.41) is 0. The number of hydrogen-bond acceptors (Lipinski definition) is 0. The fourth-order valence-electron chi connectivity index (χ4n) is 3.08. The number of rotatable bonds is 0. The van der Waals surface area contributed by atoms with Gasteiger partial charge in [0.05, 0.1) is 0 Å². The van der Waals surface area contributed by atoms with E-state index in [1.165, 1.54) is 76.2 Å². The van der Waals surface area contributed by atoms with Crippen LogP contribution in [0.25, 0.3) is 0 Å². The molecule has 0 spiro atoms. The molecule has 0 nitrogen and oxygen atoms in total. The standard InChI is InChI=1S/C18H28/c1-16-15-17-11-9-7-5-3-2-4-6-8-10-12-18(16)14-13-17/h13-15H,2-12H2,1H3. The maximum absolute atomic E-state index is 2.43. The first kappa shape index (κ1) is 13.6. The van der Waals surface area contributed by atoms with E-state index in [2.05, 4.69) is 25.1 Å². The highest BCUT2D eigenvalue weighted by molar-refractivity contribution is 5.31. The molecule has 0 amide bonds. The fourth-order valence-corrected chi connectivity index (χ4v) is 3.08. The Kier molecular flexibility index (Phi) is 5.77. The lowest BCUT2D eigenvalue weighted by Crippen LogP contribution is -1.93. The van der Waals surface area contributed by atoms with E-state index in [1.54, 1.807) is 11.1 Å². The van der Waals surface area contributed by atoms with Gasteiger partial charge in [0.25, 0.3) is 0 Å². The molecule has 0 heteroatoms. The van der Waals surface area contributed by atoms with Crippen molar-refractivity contribution in [3.8, 4) is 0 Å². The number of aryl methyl sites for hydroxylation is 3. The molecule has 2 bridgehead atoms. The summed E-state index contributed by atoms with van der Waals surface area (Å²) in [4.78, 5) is 0. The summed E-state index contributed by atoms with van der Waals surface area (Å²) >= 11 is 0. The van der Waals surface area contributed by atoms with Crippen LogP contribution in [0.2, 0.25) is 0 Å². The van der Waals surface area contributed by atoms with Crippen LogP contribution in [0.15, 0.2) is 18.2 Å². The Morgan fingerprint density at radius 3 is 1.83 bits per heavy atom. The van der Waals surface area contributed by atoms with E-state index in [0.717, 1.165) is 0 Å². The van der Waals surface area contributed by atoms with Crippen LogP contribution in [0.4, 0.5) is 0 Å². The van der Waals surface area contributed by atoms with Gasteiger partial charge in [-0.15, -0.1) is 0 Å². The number of hydrogen-bond donors (Lipinski definition) is 0. The molecule has 2 aliphatic rings. The second-order valence-corrected chi connectivity index (χ2v) is 5.94. The summed E-state index contributed by atoms with van der Waals surface area (Å²) in [6.45, 7) is 2.29. The summed E-state index contributed by atoms with van der Waals surface area (Å²) in [7, 11) is 0. The van der Waals surface area contributed by atoms with Gasteiger partial charge >= 0.3 is 0 Å². The van der Waals surface area contributed by atoms with Crippen molar-refractivity contribution in [3.05, 3.63) is 34.9 Å². The molecule has 3 rings (SSSR count). The summed E-state index contributed by atoms with van der Waals surface area (Å²) in [6, 6.07) is 7.17. The van der Waals surface area contributed by atoms with Gasteiger partial charge in [0.1, 0.15) is 0 Å². The summed E-state index contributed by atoms with van der Waals surface area (Å²) in [6.07, 6.45) is 15.4. The summed E-state index contributed by atoms with van der Waals surface area (Å²) in [5.41, 5.74) is 4.64. The SMILES string of the molecule is Cc1cc2ccc1CCCCCCCCCCC2. The van der Waals surface area contributed by atoms with Crippen molar-refractivity contribution < 1.29 is 0 Å². The molecular formula is C18H28. The zero-order chi connectivity index (χ0) is 12.6. The smallest absolute Gasteiger partial charge is 0.0276 e. The molecule has 0 atom stereocenters. The Morgan fingerprint density at radius 1 is 0.667 bits per heavy atom. The van der Waals surface area contributed by atoms with Gasteiger partial charge in [-0.1, -0.05) is 63.1 Å². The number of fused-ring (bicyclic) bond motifs is 12. The third-order valence-electron chi connectivity index (χ3n) is 4.32. The van der Waals surface area contributed by atoms with E-state index >= 15 is 0 Å². The molecule has 0 fully saturated rings. The van der Waals surface area contributed by atoms with E-state index in [9.17, 15) is 0 Å². The molecule has 0 heterocycles. The highest BCUT2D eigenvalue weighted by atomic mass is 14.1. The van der Waals surface area contributed by atoms with Crippen molar-refractivity contribution >= 4 is 0 Å². The minimum Gasteiger partial charge on any atom is -0.0588 e. The van der Waals surface area contributed by atoms with Crippen LogP contribution in [-0.2, 0) is 12.8 Å². The van der Waals surface area contributed by atoms with Gasteiger partial charge in [-0.2, -0.15) is 0 Å². The Bertz CT molecular complexity index is 351. The normalized spacial score (nSPS) is 19.2. The minimum absolute atomic E-state index is 1.28. The quantitative estimate of drug-likeness (QED) is 0.557. The van der Waals surface area contributed by atoms with Gasteiger partial charge < -0.3 is 0 Å². The Hall–Kier alpha value is -0.780. The van der Waals surface area contributed by atoms with Crippen molar-refractivity contribution in [2.24, 2.45) is 0 Å².